The zero-order chi connectivity index (χ0) is 15.6. The first-order valence-corrected chi connectivity index (χ1v) is 9.00. The molecule has 0 aliphatic carbocycles. The minimum absolute atomic E-state index is 0.152. The predicted octanol–water partition coefficient (Wildman–Crippen LogP) is 3.50. The van der Waals surface area contributed by atoms with Gasteiger partial charge < -0.3 is 9.30 Å². The van der Waals surface area contributed by atoms with Gasteiger partial charge in [0.2, 0.25) is 0 Å². The predicted molar refractivity (Wildman–Crippen MR) is 88.7 cm³/mol. The molecule has 1 aromatic heterocycles. The van der Waals surface area contributed by atoms with Crippen molar-refractivity contribution in [2.75, 3.05) is 13.4 Å². The van der Waals surface area contributed by atoms with Crippen LogP contribution in [0.2, 0.25) is 0 Å². The van der Waals surface area contributed by atoms with Crippen LogP contribution in [0.25, 0.3) is 11.0 Å². The van der Waals surface area contributed by atoms with Gasteiger partial charge in [-0.15, -0.1) is 11.6 Å². The van der Waals surface area contributed by atoms with Crippen LogP contribution in [0.15, 0.2) is 18.2 Å². The Labute approximate surface area is 132 Å². The van der Waals surface area contributed by atoms with E-state index >= 15 is 0 Å². The lowest BCUT2D eigenvalue weighted by Crippen LogP contribution is -2.14. The number of aromatic nitrogens is 2. The molecule has 0 fully saturated rings. The molecule has 2 aromatic rings. The summed E-state index contributed by atoms with van der Waals surface area (Å²) in [6.45, 7) is 4.68. The van der Waals surface area contributed by atoms with Gasteiger partial charge in [-0.1, -0.05) is 6.92 Å². The van der Waals surface area contributed by atoms with Crippen LogP contribution in [-0.4, -0.2) is 32.4 Å². The van der Waals surface area contributed by atoms with Gasteiger partial charge in [0.15, 0.2) is 0 Å². The van der Waals surface area contributed by atoms with E-state index in [-0.39, 0.29) is 10.6 Å². The smallest absolute Gasteiger partial charge is 0.127 e. The number of rotatable bonds is 6. The Bertz CT molecular complexity index is 654. The first-order chi connectivity index (χ1) is 9.93. The lowest BCUT2D eigenvalue weighted by Gasteiger charge is -2.13. The molecule has 3 atom stereocenters. The zero-order valence-corrected chi connectivity index (χ0v) is 14.4. The van der Waals surface area contributed by atoms with Gasteiger partial charge in [0.1, 0.15) is 11.6 Å². The monoisotopic (exact) mass is 328 g/mol. The molecule has 0 aliphatic rings. The van der Waals surface area contributed by atoms with Crippen LogP contribution in [-0.2, 0) is 17.3 Å². The van der Waals surface area contributed by atoms with E-state index in [0.717, 1.165) is 35.6 Å². The summed E-state index contributed by atoms with van der Waals surface area (Å²) in [5, 5.41) is -0.0231. The number of aryl methyl sites for hydroxylation is 1. The van der Waals surface area contributed by atoms with Gasteiger partial charge in [-0.2, -0.15) is 0 Å². The van der Waals surface area contributed by atoms with Gasteiger partial charge in [-0.25, -0.2) is 4.98 Å². The number of fused-ring (bicyclic) bond motifs is 1. The van der Waals surface area contributed by atoms with E-state index in [0.29, 0.717) is 0 Å². The maximum absolute atomic E-state index is 11.5. The molecule has 3 unspecified atom stereocenters. The molecule has 1 aromatic carbocycles. The molecular formula is C15H21ClN2O2S. The maximum Gasteiger partial charge on any atom is 0.127 e. The summed E-state index contributed by atoms with van der Waals surface area (Å²) in [4.78, 5) is 4.62. The van der Waals surface area contributed by atoms with E-state index in [9.17, 15) is 4.21 Å². The third-order valence-corrected chi connectivity index (χ3v) is 5.23. The fourth-order valence-electron chi connectivity index (χ4n) is 2.27. The number of nitrogens with zero attached hydrogens (tertiary/aromatic N) is 2. The summed E-state index contributed by atoms with van der Waals surface area (Å²) in [6.07, 6.45) is 2.57. The van der Waals surface area contributed by atoms with Gasteiger partial charge in [-0.05, 0) is 25.5 Å². The minimum Gasteiger partial charge on any atom is -0.497 e. The van der Waals surface area contributed by atoms with Crippen LogP contribution in [0.3, 0.4) is 0 Å². The molecule has 116 valence electrons. The van der Waals surface area contributed by atoms with Gasteiger partial charge in [0, 0.05) is 34.9 Å². The standard InChI is InChI=1S/C15H21ClN2O2S/c1-10(21(4)19)7-8-18-14-6-5-12(20-3)9-13(14)17-15(18)11(2)16/h5-6,9-11H,7-8H2,1-4H3. The van der Waals surface area contributed by atoms with Crippen LogP contribution in [0.4, 0.5) is 0 Å². The average Bonchev–Trinajstić information content (AvgIpc) is 2.82. The Hall–Kier alpha value is -1.07. The second-order valence-corrected chi connectivity index (χ2v) is 7.65. The second kappa shape index (κ2) is 6.79. The van der Waals surface area contributed by atoms with Crippen molar-refractivity contribution in [3.8, 4) is 5.75 Å². The van der Waals surface area contributed by atoms with Crippen LogP contribution < -0.4 is 4.74 Å². The van der Waals surface area contributed by atoms with Crippen LogP contribution >= 0.6 is 11.6 Å². The normalized spacial score (nSPS) is 15.9. The van der Waals surface area contributed by atoms with Gasteiger partial charge in [0.05, 0.1) is 23.5 Å². The topological polar surface area (TPSA) is 44.1 Å². The molecule has 0 amide bonds. The summed E-state index contributed by atoms with van der Waals surface area (Å²) in [6, 6.07) is 5.83. The van der Waals surface area contributed by atoms with E-state index in [1.54, 1.807) is 13.4 Å². The second-order valence-electron chi connectivity index (χ2n) is 5.19. The third-order valence-electron chi connectivity index (χ3n) is 3.67. The van der Waals surface area contributed by atoms with E-state index in [1.165, 1.54) is 0 Å². The average molecular weight is 329 g/mol. The summed E-state index contributed by atoms with van der Waals surface area (Å²) >= 11 is 6.26. The lowest BCUT2D eigenvalue weighted by molar-refractivity contribution is 0.415. The number of halogens is 1. The molecule has 0 spiro atoms. The van der Waals surface area contributed by atoms with Gasteiger partial charge in [-0.3, -0.25) is 4.21 Å². The number of hydrogen-bond donors (Lipinski definition) is 0. The summed E-state index contributed by atoms with van der Waals surface area (Å²) in [5.74, 6) is 1.62. The highest BCUT2D eigenvalue weighted by Gasteiger charge is 2.16. The fraction of sp³-hybridized carbons (Fsp3) is 0.533. The van der Waals surface area contributed by atoms with E-state index < -0.39 is 10.8 Å². The Morgan fingerprint density at radius 3 is 2.71 bits per heavy atom. The molecule has 0 N–H and O–H groups in total. The third kappa shape index (κ3) is 3.58. The van der Waals surface area contributed by atoms with Crippen LogP contribution in [0.5, 0.6) is 5.75 Å². The lowest BCUT2D eigenvalue weighted by atomic mass is 10.2. The van der Waals surface area contributed by atoms with Gasteiger partial charge >= 0.3 is 0 Å². The van der Waals surface area contributed by atoms with Crippen LogP contribution in [0.1, 0.15) is 31.5 Å². The van der Waals surface area contributed by atoms with Crippen molar-refractivity contribution in [3.63, 3.8) is 0 Å². The minimum atomic E-state index is -0.815. The first kappa shape index (κ1) is 16.3. The van der Waals surface area contributed by atoms with Crippen molar-refractivity contribution in [2.45, 2.75) is 37.4 Å². The summed E-state index contributed by atoms with van der Waals surface area (Å²) < 4.78 is 18.9. The molecule has 0 saturated carbocycles. The molecular weight excluding hydrogens is 308 g/mol. The molecule has 21 heavy (non-hydrogen) atoms. The Morgan fingerprint density at radius 2 is 2.14 bits per heavy atom. The summed E-state index contributed by atoms with van der Waals surface area (Å²) in [7, 11) is 0.826. The van der Waals surface area contributed by atoms with Crippen molar-refractivity contribution < 1.29 is 8.95 Å². The number of benzene rings is 1. The molecule has 0 bridgehead atoms. The molecule has 0 aliphatic heterocycles. The molecule has 2 rings (SSSR count). The van der Waals surface area contributed by atoms with E-state index in [2.05, 4.69) is 9.55 Å². The van der Waals surface area contributed by atoms with Crippen molar-refractivity contribution in [1.82, 2.24) is 9.55 Å². The number of imidazole rings is 1. The number of methoxy groups -OCH3 is 1. The SMILES string of the molecule is COc1ccc2c(c1)nc(C(C)Cl)n2CCC(C)S(C)=O. The van der Waals surface area contributed by atoms with E-state index in [1.807, 2.05) is 32.0 Å². The van der Waals surface area contributed by atoms with Crippen molar-refractivity contribution in [2.24, 2.45) is 0 Å². The number of hydrogen-bond acceptors (Lipinski definition) is 3. The summed E-state index contributed by atoms with van der Waals surface area (Å²) in [5.41, 5.74) is 1.91. The van der Waals surface area contributed by atoms with Gasteiger partial charge in [0.25, 0.3) is 0 Å². The molecule has 1 heterocycles. The highest BCUT2D eigenvalue weighted by Crippen LogP contribution is 2.27. The zero-order valence-electron chi connectivity index (χ0n) is 12.8. The Morgan fingerprint density at radius 1 is 1.43 bits per heavy atom. The number of alkyl halides is 1. The Balaban J connectivity index is 2.39. The quantitative estimate of drug-likeness (QED) is 0.762. The molecule has 4 nitrogen and oxygen atoms in total. The maximum atomic E-state index is 11.5. The van der Waals surface area contributed by atoms with E-state index in [4.69, 9.17) is 16.3 Å². The Kier molecular flexibility index (Phi) is 5.27. The molecule has 0 radical (unpaired) electrons. The molecule has 0 saturated heterocycles. The fourth-order valence-corrected chi connectivity index (χ4v) is 2.87. The van der Waals surface area contributed by atoms with Crippen molar-refractivity contribution >= 4 is 33.4 Å². The van der Waals surface area contributed by atoms with Crippen molar-refractivity contribution in [3.05, 3.63) is 24.0 Å². The highest BCUT2D eigenvalue weighted by atomic mass is 35.5. The highest BCUT2D eigenvalue weighted by molar-refractivity contribution is 7.84. The largest absolute Gasteiger partial charge is 0.497 e. The first-order valence-electron chi connectivity index (χ1n) is 6.94. The molecule has 6 heteroatoms. The van der Waals surface area contributed by atoms with Crippen molar-refractivity contribution in [1.29, 1.82) is 0 Å². The number of ether oxygens (including phenoxy) is 1. The van der Waals surface area contributed by atoms with Crippen LogP contribution in [0, 0.1) is 0 Å².